The molecule has 3 nitrogen and oxygen atoms in total. The van der Waals surface area contributed by atoms with E-state index in [1.165, 1.54) is 12.1 Å². The molecule has 0 spiro atoms. The summed E-state index contributed by atoms with van der Waals surface area (Å²) < 4.78 is 28.9. The maximum atomic E-state index is 12.4. The van der Waals surface area contributed by atoms with Gasteiger partial charge in [0.25, 0.3) is 0 Å². The van der Waals surface area contributed by atoms with Crippen molar-refractivity contribution in [3.63, 3.8) is 0 Å². The van der Waals surface area contributed by atoms with Crippen LogP contribution in [0.1, 0.15) is 6.42 Å². The van der Waals surface area contributed by atoms with Gasteiger partial charge in [0.15, 0.2) is 11.0 Å². The molecule has 0 aliphatic heterocycles. The molecule has 0 fully saturated rings. The Balaban J connectivity index is 1.79. The van der Waals surface area contributed by atoms with Crippen LogP contribution in [0.25, 0.3) is 0 Å². The first kappa shape index (κ1) is 21.0. The van der Waals surface area contributed by atoms with Crippen molar-refractivity contribution in [3.8, 4) is 17.2 Å². The summed E-state index contributed by atoms with van der Waals surface area (Å²) in [5, 5.41) is 0.395. The smallest absolute Gasteiger partial charge is 0.188 e. The molecule has 0 saturated heterocycles. The van der Waals surface area contributed by atoms with Crippen molar-refractivity contribution in [2.24, 2.45) is 0 Å². The molecule has 0 heterocycles. The summed E-state index contributed by atoms with van der Waals surface area (Å²) in [4.78, 5) is 0. The van der Waals surface area contributed by atoms with Crippen molar-refractivity contribution in [2.45, 2.75) is 6.42 Å². The van der Waals surface area contributed by atoms with E-state index in [0.29, 0.717) is 46.2 Å². The van der Waals surface area contributed by atoms with E-state index in [4.69, 9.17) is 60.6 Å². The summed E-state index contributed by atoms with van der Waals surface area (Å²) in [6, 6.07) is 10.2. The van der Waals surface area contributed by atoms with E-state index in [-0.39, 0.29) is 6.61 Å². The van der Waals surface area contributed by atoms with Crippen LogP contribution in [-0.4, -0.2) is 19.8 Å². The number of halogens is 5. The van der Waals surface area contributed by atoms with Gasteiger partial charge in [-0.1, -0.05) is 46.4 Å². The van der Waals surface area contributed by atoms with Crippen LogP contribution < -0.4 is 14.2 Å². The zero-order valence-corrected chi connectivity index (χ0v) is 16.5. The molecule has 0 amide bonds. The normalized spacial score (nSPS) is 11.3. The van der Waals surface area contributed by atoms with Crippen LogP contribution in [0.5, 0.6) is 17.2 Å². The standard InChI is InChI=1S/C18H15Cl4FO3/c19-12-2-4-13(5-3-12)24-7-1-8-26-18-15(20)10-14(11-16(18)21)25-9-6-17(22)23/h2-6,10-11H,1,7-9H2/b17-6+. The van der Waals surface area contributed by atoms with Crippen LogP contribution >= 0.6 is 46.4 Å². The molecule has 8 heteroatoms. The second-order valence-electron chi connectivity index (χ2n) is 5.03. The molecule has 0 bridgehead atoms. The number of ether oxygens (including phenoxy) is 3. The Morgan fingerprint density at radius 3 is 2.12 bits per heavy atom. The van der Waals surface area contributed by atoms with Gasteiger partial charge in [-0.15, -0.1) is 0 Å². The lowest BCUT2D eigenvalue weighted by atomic mass is 10.3. The van der Waals surface area contributed by atoms with E-state index in [1.54, 1.807) is 24.3 Å². The number of rotatable bonds is 9. The zero-order chi connectivity index (χ0) is 18.9. The van der Waals surface area contributed by atoms with E-state index in [9.17, 15) is 4.39 Å². The third-order valence-corrected chi connectivity index (χ3v) is 4.04. The number of benzene rings is 2. The minimum atomic E-state index is -0.844. The Morgan fingerprint density at radius 1 is 0.885 bits per heavy atom. The van der Waals surface area contributed by atoms with Gasteiger partial charge in [0.2, 0.25) is 0 Å². The average molecular weight is 440 g/mol. The predicted octanol–water partition coefficient (Wildman–Crippen LogP) is 6.92. The summed E-state index contributed by atoms with van der Waals surface area (Å²) in [5.41, 5.74) is 0. The van der Waals surface area contributed by atoms with Gasteiger partial charge >= 0.3 is 0 Å². The molecule has 2 aromatic rings. The molecule has 0 aliphatic rings. The van der Waals surface area contributed by atoms with Gasteiger partial charge in [-0.3, -0.25) is 0 Å². The first-order valence-electron chi connectivity index (χ1n) is 7.60. The second-order valence-corrected chi connectivity index (χ2v) is 6.64. The lowest BCUT2D eigenvalue weighted by Crippen LogP contribution is -2.05. The Bertz CT molecular complexity index is 724. The maximum Gasteiger partial charge on any atom is 0.188 e. The highest BCUT2D eigenvalue weighted by Gasteiger charge is 2.10. The van der Waals surface area contributed by atoms with Crippen molar-refractivity contribution in [3.05, 3.63) is 62.8 Å². The third kappa shape index (κ3) is 7.12. The molecule has 140 valence electrons. The van der Waals surface area contributed by atoms with Crippen LogP contribution in [0.15, 0.2) is 47.8 Å². The van der Waals surface area contributed by atoms with Gasteiger partial charge < -0.3 is 14.2 Å². The molecular weight excluding hydrogens is 425 g/mol. The van der Waals surface area contributed by atoms with E-state index in [2.05, 4.69) is 0 Å². The van der Waals surface area contributed by atoms with Crippen LogP contribution in [0.4, 0.5) is 4.39 Å². The van der Waals surface area contributed by atoms with Crippen LogP contribution in [-0.2, 0) is 0 Å². The molecule has 0 N–H and O–H groups in total. The summed E-state index contributed by atoms with van der Waals surface area (Å²) in [6.45, 7) is 0.798. The highest BCUT2D eigenvalue weighted by molar-refractivity contribution is 6.37. The van der Waals surface area contributed by atoms with E-state index < -0.39 is 5.29 Å². The Labute approximate surface area is 171 Å². The topological polar surface area (TPSA) is 27.7 Å². The van der Waals surface area contributed by atoms with E-state index in [1.807, 2.05) is 0 Å². The van der Waals surface area contributed by atoms with Crippen molar-refractivity contribution in [1.29, 1.82) is 0 Å². The number of hydrogen-bond donors (Lipinski definition) is 0. The average Bonchev–Trinajstić information content (AvgIpc) is 2.58. The summed E-state index contributed by atoms with van der Waals surface area (Å²) in [7, 11) is 0. The van der Waals surface area contributed by atoms with Crippen LogP contribution in [0.3, 0.4) is 0 Å². The fourth-order valence-electron chi connectivity index (χ4n) is 1.91. The highest BCUT2D eigenvalue weighted by atomic mass is 35.5. The van der Waals surface area contributed by atoms with Crippen LogP contribution in [0, 0.1) is 0 Å². The Morgan fingerprint density at radius 2 is 1.50 bits per heavy atom. The Kier molecular flexibility index (Phi) is 8.66. The van der Waals surface area contributed by atoms with Crippen molar-refractivity contribution in [1.82, 2.24) is 0 Å². The lowest BCUT2D eigenvalue weighted by Gasteiger charge is -2.12. The molecule has 0 unspecified atom stereocenters. The fraction of sp³-hybridized carbons (Fsp3) is 0.222. The molecule has 0 aliphatic carbocycles. The first-order valence-corrected chi connectivity index (χ1v) is 9.11. The monoisotopic (exact) mass is 438 g/mol. The summed E-state index contributed by atoms with van der Waals surface area (Å²) >= 11 is 23.2. The van der Waals surface area contributed by atoms with Gasteiger partial charge in [-0.2, -0.15) is 4.39 Å². The van der Waals surface area contributed by atoms with Crippen molar-refractivity contribution >= 4 is 46.4 Å². The maximum absolute atomic E-state index is 12.4. The molecule has 2 aromatic carbocycles. The molecule has 0 saturated carbocycles. The summed E-state index contributed by atoms with van der Waals surface area (Å²) in [6.07, 6.45) is 1.71. The van der Waals surface area contributed by atoms with Gasteiger partial charge in [-0.05, 0) is 24.3 Å². The highest BCUT2D eigenvalue weighted by Crippen LogP contribution is 2.37. The van der Waals surface area contributed by atoms with Crippen molar-refractivity contribution < 1.29 is 18.6 Å². The minimum Gasteiger partial charge on any atom is -0.493 e. The van der Waals surface area contributed by atoms with Gasteiger partial charge in [0, 0.05) is 29.7 Å². The minimum absolute atomic E-state index is 0.0375. The molecule has 0 radical (unpaired) electrons. The quantitative estimate of drug-likeness (QED) is 0.396. The van der Waals surface area contributed by atoms with E-state index >= 15 is 0 Å². The number of hydrogen-bond acceptors (Lipinski definition) is 3. The van der Waals surface area contributed by atoms with Crippen LogP contribution in [0.2, 0.25) is 15.1 Å². The Hall–Kier alpha value is -1.33. The van der Waals surface area contributed by atoms with Gasteiger partial charge in [-0.25, -0.2) is 0 Å². The molecular formula is C18H15Cl4FO3. The molecule has 0 aromatic heterocycles. The third-order valence-electron chi connectivity index (χ3n) is 3.08. The largest absolute Gasteiger partial charge is 0.493 e. The fourth-order valence-corrected chi connectivity index (χ4v) is 2.68. The lowest BCUT2D eigenvalue weighted by molar-refractivity contribution is 0.247. The zero-order valence-electron chi connectivity index (χ0n) is 13.5. The van der Waals surface area contributed by atoms with Gasteiger partial charge in [0.1, 0.15) is 18.1 Å². The van der Waals surface area contributed by atoms with Crippen molar-refractivity contribution in [2.75, 3.05) is 19.8 Å². The van der Waals surface area contributed by atoms with Gasteiger partial charge in [0.05, 0.1) is 23.3 Å². The molecule has 0 atom stereocenters. The molecule has 26 heavy (non-hydrogen) atoms. The van der Waals surface area contributed by atoms with E-state index in [0.717, 1.165) is 11.8 Å². The molecule has 2 rings (SSSR count). The second kappa shape index (κ2) is 10.7. The summed E-state index contributed by atoms with van der Waals surface area (Å²) in [5.74, 6) is 1.47. The SMILES string of the molecule is F/C(Cl)=C/COc1cc(Cl)c(OCCCOc2ccc(Cl)cc2)c(Cl)c1. The first-order chi connectivity index (χ1) is 12.5. The predicted molar refractivity (Wildman–Crippen MR) is 104 cm³/mol.